The van der Waals surface area contributed by atoms with Crippen LogP contribution < -0.4 is 15.8 Å². The van der Waals surface area contributed by atoms with Crippen LogP contribution in [0.5, 0.6) is 5.75 Å². The first kappa shape index (κ1) is 23.4. The van der Waals surface area contributed by atoms with Crippen molar-refractivity contribution in [2.45, 2.75) is 26.7 Å². The molecular formula is C25H25N3O5. The topological polar surface area (TPSA) is 124 Å². The predicted molar refractivity (Wildman–Crippen MR) is 122 cm³/mol. The highest BCUT2D eigenvalue weighted by molar-refractivity contribution is 5.93. The number of nitrogens with one attached hydrogen (secondary N) is 1. The molecule has 0 saturated heterocycles. The van der Waals surface area contributed by atoms with Crippen molar-refractivity contribution in [2.75, 3.05) is 18.5 Å². The molecule has 1 heterocycles. The molecular weight excluding hydrogens is 422 g/mol. The summed E-state index contributed by atoms with van der Waals surface area (Å²) in [5, 5.41) is 12.4. The highest BCUT2D eigenvalue weighted by Crippen LogP contribution is 2.39. The molecule has 0 radical (unpaired) electrons. The van der Waals surface area contributed by atoms with Gasteiger partial charge in [-0.3, -0.25) is 4.79 Å². The van der Waals surface area contributed by atoms with Gasteiger partial charge in [0.25, 0.3) is 5.91 Å². The van der Waals surface area contributed by atoms with Gasteiger partial charge in [0.1, 0.15) is 23.2 Å². The number of hydrogen-bond donors (Lipinski definition) is 2. The fraction of sp³-hybridized carbons (Fsp3) is 0.240. The van der Waals surface area contributed by atoms with E-state index in [-0.39, 0.29) is 41.9 Å². The van der Waals surface area contributed by atoms with Crippen molar-refractivity contribution >= 4 is 17.6 Å². The first-order valence-electron chi connectivity index (χ1n) is 10.4. The predicted octanol–water partition coefficient (Wildman–Crippen LogP) is 3.66. The quantitative estimate of drug-likeness (QED) is 0.621. The van der Waals surface area contributed by atoms with E-state index in [2.05, 4.69) is 5.32 Å². The lowest BCUT2D eigenvalue weighted by molar-refractivity contribution is -0.139. The zero-order valence-electron chi connectivity index (χ0n) is 18.7. The van der Waals surface area contributed by atoms with E-state index in [0.29, 0.717) is 17.0 Å². The number of hydrogen-bond acceptors (Lipinski definition) is 7. The summed E-state index contributed by atoms with van der Waals surface area (Å²) in [6.07, 6.45) is 0. The van der Waals surface area contributed by atoms with E-state index in [1.54, 1.807) is 38.1 Å². The molecule has 0 bridgehead atoms. The number of anilines is 1. The van der Waals surface area contributed by atoms with Crippen LogP contribution in [0.25, 0.3) is 0 Å². The molecule has 8 heteroatoms. The van der Waals surface area contributed by atoms with E-state index in [4.69, 9.17) is 19.9 Å². The minimum atomic E-state index is -0.735. The summed E-state index contributed by atoms with van der Waals surface area (Å²) < 4.78 is 16.1. The normalized spacial score (nSPS) is 15.4. The molecule has 0 saturated carbocycles. The Labute approximate surface area is 192 Å². The number of nitrogens with zero attached hydrogens (tertiary/aromatic N) is 1. The maximum Gasteiger partial charge on any atom is 0.338 e. The SMILES string of the molecule is CCOC(=O)C1=C(C)OC(N)=C(C#N)C1c1ccc(OCC(=O)Nc2ccc(C)cc2)cc1. The van der Waals surface area contributed by atoms with Crippen molar-refractivity contribution in [3.05, 3.63) is 82.4 Å². The summed E-state index contributed by atoms with van der Waals surface area (Å²) in [5.41, 5.74) is 8.66. The van der Waals surface area contributed by atoms with Crippen LogP contribution >= 0.6 is 0 Å². The zero-order valence-corrected chi connectivity index (χ0v) is 18.7. The summed E-state index contributed by atoms with van der Waals surface area (Å²) in [6.45, 7) is 5.28. The molecule has 2 aromatic carbocycles. The molecule has 1 unspecified atom stereocenters. The number of allylic oxidation sites excluding steroid dienone is 2. The van der Waals surface area contributed by atoms with Gasteiger partial charge in [-0.1, -0.05) is 29.8 Å². The largest absolute Gasteiger partial charge is 0.484 e. The Morgan fingerprint density at radius 2 is 1.79 bits per heavy atom. The Bertz CT molecular complexity index is 1140. The Balaban J connectivity index is 1.74. The van der Waals surface area contributed by atoms with E-state index in [9.17, 15) is 14.9 Å². The number of aryl methyl sites for hydroxylation is 1. The molecule has 0 aliphatic carbocycles. The minimum absolute atomic E-state index is 0.0545. The average molecular weight is 447 g/mol. The van der Waals surface area contributed by atoms with Gasteiger partial charge in [0.05, 0.1) is 18.1 Å². The lowest BCUT2D eigenvalue weighted by atomic mass is 9.83. The number of nitrogens with two attached hydrogens (primary N) is 1. The van der Waals surface area contributed by atoms with Crippen LogP contribution in [0, 0.1) is 18.3 Å². The molecule has 170 valence electrons. The second kappa shape index (κ2) is 10.4. The van der Waals surface area contributed by atoms with Gasteiger partial charge < -0.3 is 25.3 Å². The molecule has 8 nitrogen and oxygen atoms in total. The van der Waals surface area contributed by atoms with E-state index < -0.39 is 11.9 Å². The zero-order chi connectivity index (χ0) is 24.0. The van der Waals surface area contributed by atoms with Crippen LogP contribution in [0.4, 0.5) is 5.69 Å². The second-order valence-electron chi connectivity index (χ2n) is 7.39. The van der Waals surface area contributed by atoms with Crippen LogP contribution in [0.2, 0.25) is 0 Å². The van der Waals surface area contributed by atoms with Crippen molar-refractivity contribution in [1.29, 1.82) is 5.26 Å². The Hall–Kier alpha value is -4.25. The van der Waals surface area contributed by atoms with Crippen LogP contribution in [-0.4, -0.2) is 25.1 Å². The van der Waals surface area contributed by atoms with Gasteiger partial charge in [0, 0.05) is 5.69 Å². The average Bonchev–Trinajstić information content (AvgIpc) is 2.79. The van der Waals surface area contributed by atoms with E-state index in [1.807, 2.05) is 37.3 Å². The summed E-state index contributed by atoms with van der Waals surface area (Å²) in [6, 6.07) is 16.2. The Kier molecular flexibility index (Phi) is 7.36. The molecule has 1 atom stereocenters. The molecule has 1 aliphatic rings. The molecule has 0 fully saturated rings. The minimum Gasteiger partial charge on any atom is -0.484 e. The standard InChI is InChI=1S/C25H25N3O5/c1-4-31-25(30)22-16(3)33-24(27)20(13-26)23(22)17-7-11-19(12-8-17)32-14-21(29)28-18-9-5-15(2)6-10-18/h5-12,23H,4,14,27H2,1-3H3,(H,28,29). The van der Waals surface area contributed by atoms with Gasteiger partial charge in [0.2, 0.25) is 5.88 Å². The van der Waals surface area contributed by atoms with E-state index >= 15 is 0 Å². The summed E-state index contributed by atoms with van der Waals surface area (Å²) in [7, 11) is 0. The molecule has 1 aliphatic heterocycles. The summed E-state index contributed by atoms with van der Waals surface area (Å²) in [4.78, 5) is 24.7. The van der Waals surface area contributed by atoms with Gasteiger partial charge in [-0.15, -0.1) is 0 Å². The number of esters is 1. The fourth-order valence-corrected chi connectivity index (χ4v) is 3.43. The van der Waals surface area contributed by atoms with E-state index in [0.717, 1.165) is 5.56 Å². The third kappa shape index (κ3) is 5.52. The number of ether oxygens (including phenoxy) is 3. The molecule has 0 spiro atoms. The second-order valence-corrected chi connectivity index (χ2v) is 7.39. The maximum atomic E-state index is 12.6. The molecule has 3 N–H and O–H groups in total. The number of amides is 1. The summed E-state index contributed by atoms with van der Waals surface area (Å²) in [5.74, 6) is -0.920. The molecule has 3 rings (SSSR count). The molecule has 1 amide bonds. The molecule has 33 heavy (non-hydrogen) atoms. The van der Waals surface area contributed by atoms with Crippen LogP contribution in [0.15, 0.2) is 71.3 Å². The fourth-order valence-electron chi connectivity index (χ4n) is 3.43. The first-order chi connectivity index (χ1) is 15.8. The van der Waals surface area contributed by atoms with Gasteiger partial charge in [-0.25, -0.2) is 4.79 Å². The van der Waals surface area contributed by atoms with E-state index in [1.165, 1.54) is 0 Å². The third-order valence-corrected chi connectivity index (χ3v) is 5.02. The number of carbonyl (C=O) groups excluding carboxylic acids is 2. The monoisotopic (exact) mass is 447 g/mol. The highest BCUT2D eigenvalue weighted by Gasteiger charge is 2.36. The van der Waals surface area contributed by atoms with Gasteiger partial charge in [-0.05, 0) is 50.6 Å². The smallest absolute Gasteiger partial charge is 0.338 e. The van der Waals surface area contributed by atoms with Crippen LogP contribution in [0.3, 0.4) is 0 Å². The van der Waals surface area contributed by atoms with Gasteiger partial charge >= 0.3 is 5.97 Å². The van der Waals surface area contributed by atoms with Crippen LogP contribution in [-0.2, 0) is 19.1 Å². The summed E-state index contributed by atoms with van der Waals surface area (Å²) >= 11 is 0. The molecule has 2 aromatic rings. The van der Waals surface area contributed by atoms with Crippen molar-refractivity contribution in [1.82, 2.24) is 0 Å². The number of rotatable bonds is 7. The number of carbonyl (C=O) groups is 2. The van der Waals surface area contributed by atoms with Crippen molar-refractivity contribution in [2.24, 2.45) is 5.73 Å². The highest BCUT2D eigenvalue weighted by atomic mass is 16.5. The Morgan fingerprint density at radius 1 is 1.12 bits per heavy atom. The van der Waals surface area contributed by atoms with Crippen molar-refractivity contribution in [3.63, 3.8) is 0 Å². The molecule has 0 aromatic heterocycles. The van der Waals surface area contributed by atoms with Gasteiger partial charge in [0.15, 0.2) is 6.61 Å². The van der Waals surface area contributed by atoms with Crippen LogP contribution in [0.1, 0.15) is 30.9 Å². The lowest BCUT2D eigenvalue weighted by Crippen LogP contribution is -2.25. The third-order valence-electron chi connectivity index (χ3n) is 5.02. The van der Waals surface area contributed by atoms with Crippen molar-refractivity contribution < 1.29 is 23.8 Å². The first-order valence-corrected chi connectivity index (χ1v) is 10.4. The lowest BCUT2D eigenvalue weighted by Gasteiger charge is -2.26. The number of nitriles is 1. The van der Waals surface area contributed by atoms with Crippen molar-refractivity contribution in [3.8, 4) is 11.8 Å². The maximum absolute atomic E-state index is 12.6. The Morgan fingerprint density at radius 3 is 2.39 bits per heavy atom. The van der Waals surface area contributed by atoms with Gasteiger partial charge in [-0.2, -0.15) is 5.26 Å². The number of benzene rings is 2.